The zero-order valence-corrected chi connectivity index (χ0v) is 10.8. The van der Waals surface area contributed by atoms with Gasteiger partial charge in [0.15, 0.2) is 0 Å². The molecule has 0 amide bonds. The molecule has 0 bridgehead atoms. The van der Waals surface area contributed by atoms with Crippen molar-refractivity contribution in [1.82, 2.24) is 10.3 Å². The minimum absolute atomic E-state index is 0.181. The van der Waals surface area contributed by atoms with Crippen molar-refractivity contribution in [2.75, 3.05) is 13.2 Å². The first-order valence-electron chi connectivity index (χ1n) is 6.64. The van der Waals surface area contributed by atoms with Gasteiger partial charge in [-0.05, 0) is 37.3 Å². The predicted octanol–water partition coefficient (Wildman–Crippen LogP) is 2.00. The maximum absolute atomic E-state index is 11.5. The maximum atomic E-state index is 11.5. The van der Waals surface area contributed by atoms with E-state index in [2.05, 4.69) is 16.4 Å². The van der Waals surface area contributed by atoms with Crippen molar-refractivity contribution in [3.63, 3.8) is 0 Å². The molecule has 1 aliphatic rings. The third kappa shape index (κ3) is 3.29. The van der Waals surface area contributed by atoms with Gasteiger partial charge in [-0.2, -0.15) is 0 Å². The van der Waals surface area contributed by atoms with Crippen molar-refractivity contribution in [1.29, 1.82) is 0 Å². The molecule has 0 aromatic carbocycles. The molecule has 1 aromatic heterocycles. The van der Waals surface area contributed by atoms with Gasteiger partial charge in [0.2, 0.25) is 0 Å². The van der Waals surface area contributed by atoms with Crippen molar-refractivity contribution >= 4 is 5.97 Å². The second kappa shape index (κ2) is 6.50. The van der Waals surface area contributed by atoms with Crippen molar-refractivity contribution in [3.05, 3.63) is 29.6 Å². The first-order valence-corrected chi connectivity index (χ1v) is 6.64. The number of nitrogens with one attached hydrogen (secondary N) is 1. The highest BCUT2D eigenvalue weighted by molar-refractivity contribution is 5.71. The molecule has 1 heterocycles. The monoisotopic (exact) mass is 248 g/mol. The third-order valence-corrected chi connectivity index (χ3v) is 3.16. The van der Waals surface area contributed by atoms with Gasteiger partial charge in [0.1, 0.15) is 0 Å². The Morgan fingerprint density at radius 3 is 3.33 bits per heavy atom. The van der Waals surface area contributed by atoms with Crippen molar-refractivity contribution in [2.24, 2.45) is 0 Å². The van der Waals surface area contributed by atoms with Crippen LogP contribution in [0, 0.1) is 0 Å². The Hall–Kier alpha value is -1.42. The molecule has 18 heavy (non-hydrogen) atoms. The number of nitrogens with zero attached hydrogens (tertiary/aromatic N) is 1. The van der Waals surface area contributed by atoms with E-state index in [0.29, 0.717) is 6.61 Å². The smallest absolute Gasteiger partial charge is 0.319 e. The molecule has 0 saturated carbocycles. The van der Waals surface area contributed by atoms with Gasteiger partial charge in [0, 0.05) is 6.20 Å². The highest BCUT2D eigenvalue weighted by atomic mass is 16.5. The van der Waals surface area contributed by atoms with Crippen LogP contribution in [0.1, 0.15) is 43.5 Å². The normalized spacial score (nSPS) is 18.2. The summed E-state index contributed by atoms with van der Waals surface area (Å²) in [5.41, 5.74) is 2.38. The average molecular weight is 248 g/mol. The SMILES string of the molecule is CCCOC(=O)CN[C@@H]1CCCc2cccnc21. The summed E-state index contributed by atoms with van der Waals surface area (Å²) in [6.45, 7) is 2.75. The second-order valence-corrected chi connectivity index (χ2v) is 4.59. The molecule has 4 nitrogen and oxygen atoms in total. The lowest BCUT2D eigenvalue weighted by atomic mass is 9.92. The van der Waals surface area contributed by atoms with Crippen LogP contribution in [0.15, 0.2) is 18.3 Å². The first kappa shape index (κ1) is 13.0. The number of aromatic nitrogens is 1. The number of carbonyl (C=O) groups is 1. The minimum Gasteiger partial charge on any atom is -0.465 e. The number of pyridine rings is 1. The fourth-order valence-electron chi connectivity index (χ4n) is 2.28. The molecule has 0 unspecified atom stereocenters. The van der Waals surface area contributed by atoms with Crippen LogP contribution in [0.25, 0.3) is 0 Å². The minimum atomic E-state index is -0.181. The summed E-state index contributed by atoms with van der Waals surface area (Å²) < 4.78 is 5.05. The van der Waals surface area contributed by atoms with Crippen LogP contribution in [0.3, 0.4) is 0 Å². The van der Waals surface area contributed by atoms with Gasteiger partial charge < -0.3 is 4.74 Å². The lowest BCUT2D eigenvalue weighted by molar-refractivity contribution is -0.142. The zero-order valence-electron chi connectivity index (χ0n) is 10.8. The summed E-state index contributed by atoms with van der Waals surface area (Å²) in [7, 11) is 0. The van der Waals surface area contributed by atoms with Crippen LogP contribution in [-0.2, 0) is 16.0 Å². The van der Waals surface area contributed by atoms with E-state index >= 15 is 0 Å². The lowest BCUT2D eigenvalue weighted by Gasteiger charge is -2.24. The Kier molecular flexibility index (Phi) is 4.70. The van der Waals surface area contributed by atoms with E-state index in [1.54, 1.807) is 0 Å². The lowest BCUT2D eigenvalue weighted by Crippen LogP contribution is -2.31. The zero-order chi connectivity index (χ0) is 12.8. The van der Waals surface area contributed by atoms with Gasteiger partial charge in [0.05, 0.1) is 24.9 Å². The van der Waals surface area contributed by atoms with Gasteiger partial charge >= 0.3 is 5.97 Å². The van der Waals surface area contributed by atoms with Crippen LogP contribution in [0.4, 0.5) is 0 Å². The summed E-state index contributed by atoms with van der Waals surface area (Å²) >= 11 is 0. The second-order valence-electron chi connectivity index (χ2n) is 4.59. The molecule has 1 aliphatic carbocycles. The molecular weight excluding hydrogens is 228 g/mol. The van der Waals surface area contributed by atoms with Crippen LogP contribution >= 0.6 is 0 Å². The molecule has 0 aliphatic heterocycles. The fraction of sp³-hybridized carbons (Fsp3) is 0.571. The summed E-state index contributed by atoms with van der Waals surface area (Å²) in [4.78, 5) is 15.9. The van der Waals surface area contributed by atoms with Crippen molar-refractivity contribution in [3.8, 4) is 0 Å². The predicted molar refractivity (Wildman–Crippen MR) is 69.2 cm³/mol. The number of carbonyl (C=O) groups excluding carboxylic acids is 1. The quantitative estimate of drug-likeness (QED) is 0.810. The molecule has 4 heteroatoms. The molecule has 0 radical (unpaired) electrons. The molecule has 98 valence electrons. The number of rotatable bonds is 5. The van der Waals surface area contributed by atoms with E-state index in [1.807, 2.05) is 19.2 Å². The van der Waals surface area contributed by atoms with E-state index in [1.165, 1.54) is 5.56 Å². The molecule has 1 atom stereocenters. The Balaban J connectivity index is 1.89. The van der Waals surface area contributed by atoms with E-state index in [9.17, 15) is 4.79 Å². The van der Waals surface area contributed by atoms with Gasteiger partial charge in [-0.1, -0.05) is 13.0 Å². The standard InChI is InChI=1S/C14H20N2O2/c1-2-9-18-13(17)10-16-12-7-3-5-11-6-4-8-15-14(11)12/h4,6,8,12,16H,2-3,5,7,9-10H2,1H3/t12-/m1/s1. The summed E-state index contributed by atoms with van der Waals surface area (Å²) in [5, 5.41) is 3.25. The van der Waals surface area contributed by atoms with E-state index in [4.69, 9.17) is 4.74 Å². The topological polar surface area (TPSA) is 51.2 Å². The van der Waals surface area contributed by atoms with Crippen molar-refractivity contribution < 1.29 is 9.53 Å². The Morgan fingerprint density at radius 2 is 2.50 bits per heavy atom. The highest BCUT2D eigenvalue weighted by Crippen LogP contribution is 2.27. The van der Waals surface area contributed by atoms with E-state index in [-0.39, 0.29) is 18.6 Å². The van der Waals surface area contributed by atoms with E-state index in [0.717, 1.165) is 31.4 Å². The largest absolute Gasteiger partial charge is 0.465 e. The molecule has 1 N–H and O–H groups in total. The maximum Gasteiger partial charge on any atom is 0.319 e. The average Bonchev–Trinajstić information content (AvgIpc) is 2.42. The third-order valence-electron chi connectivity index (χ3n) is 3.16. The van der Waals surface area contributed by atoms with Crippen LogP contribution in [-0.4, -0.2) is 24.1 Å². The van der Waals surface area contributed by atoms with Gasteiger partial charge in [-0.3, -0.25) is 15.1 Å². The van der Waals surface area contributed by atoms with Gasteiger partial charge in [-0.15, -0.1) is 0 Å². The van der Waals surface area contributed by atoms with Crippen LogP contribution in [0.5, 0.6) is 0 Å². The number of aryl methyl sites for hydroxylation is 1. The first-order chi connectivity index (χ1) is 8.81. The summed E-state index contributed by atoms with van der Waals surface area (Å²) in [6.07, 6.45) is 5.93. The van der Waals surface area contributed by atoms with Gasteiger partial charge in [-0.25, -0.2) is 0 Å². The molecular formula is C14H20N2O2. The summed E-state index contributed by atoms with van der Waals surface area (Å²) in [6, 6.07) is 4.27. The van der Waals surface area contributed by atoms with Crippen LogP contribution < -0.4 is 5.32 Å². The Bertz CT molecular complexity index is 407. The van der Waals surface area contributed by atoms with Gasteiger partial charge in [0.25, 0.3) is 0 Å². The molecule has 1 aromatic rings. The molecule has 2 rings (SSSR count). The number of fused-ring (bicyclic) bond motifs is 1. The van der Waals surface area contributed by atoms with Crippen molar-refractivity contribution in [2.45, 2.75) is 38.6 Å². The summed E-state index contributed by atoms with van der Waals surface area (Å²) in [5.74, 6) is -0.181. The molecule has 0 saturated heterocycles. The fourth-order valence-corrected chi connectivity index (χ4v) is 2.28. The Labute approximate surface area is 108 Å². The highest BCUT2D eigenvalue weighted by Gasteiger charge is 2.21. The Morgan fingerprint density at radius 1 is 1.61 bits per heavy atom. The number of esters is 1. The molecule has 0 fully saturated rings. The number of hydrogen-bond donors (Lipinski definition) is 1. The van der Waals surface area contributed by atoms with E-state index < -0.39 is 0 Å². The number of hydrogen-bond acceptors (Lipinski definition) is 4. The number of ether oxygens (including phenoxy) is 1. The van der Waals surface area contributed by atoms with Crippen LogP contribution in [0.2, 0.25) is 0 Å². The molecule has 0 spiro atoms.